The number of furan rings is 1. The summed E-state index contributed by atoms with van der Waals surface area (Å²) in [7, 11) is 0. The van der Waals surface area contributed by atoms with Crippen LogP contribution in [-0.2, 0) is 0 Å². The van der Waals surface area contributed by atoms with Crippen molar-refractivity contribution in [2.75, 3.05) is 0 Å². The molecule has 12 aromatic rings. The third-order valence-corrected chi connectivity index (χ3v) is 11.3. The summed E-state index contributed by atoms with van der Waals surface area (Å²) in [5.74, 6) is 1.84. The molecule has 0 fully saturated rings. The van der Waals surface area contributed by atoms with Crippen LogP contribution in [0.15, 0.2) is 186 Å². The molecule has 5 heteroatoms. The van der Waals surface area contributed by atoms with Gasteiger partial charge in [-0.05, 0) is 67.4 Å². The highest BCUT2D eigenvalue weighted by Crippen LogP contribution is 2.43. The van der Waals surface area contributed by atoms with E-state index < -0.39 is 0 Å². The fourth-order valence-corrected chi connectivity index (χ4v) is 8.71. The summed E-state index contributed by atoms with van der Waals surface area (Å²) >= 11 is 0. The summed E-state index contributed by atoms with van der Waals surface area (Å²) in [6.07, 6.45) is 0. The second-order valence-electron chi connectivity index (χ2n) is 14.5. The third kappa shape index (κ3) is 4.89. The summed E-state index contributed by atoms with van der Waals surface area (Å²) in [6, 6.07) is 63.2. The van der Waals surface area contributed by atoms with Crippen molar-refractivity contribution in [2.24, 2.45) is 0 Å². The van der Waals surface area contributed by atoms with Gasteiger partial charge in [0.05, 0.1) is 5.52 Å². The topological polar surface area (TPSA) is 64.7 Å². The average molecular weight is 727 g/mol. The molecule has 0 aliphatic heterocycles. The Bertz CT molecular complexity index is 3560. The van der Waals surface area contributed by atoms with Crippen molar-refractivity contribution in [1.82, 2.24) is 19.9 Å². The van der Waals surface area contributed by atoms with Crippen LogP contribution in [0.5, 0.6) is 0 Å². The molecule has 0 spiro atoms. The van der Waals surface area contributed by atoms with Crippen molar-refractivity contribution < 1.29 is 4.42 Å². The normalized spacial score (nSPS) is 11.9. The Morgan fingerprint density at radius 3 is 1.54 bits per heavy atom. The standard InChI is InChI=1S/C52H30N4O/c1-2-14-31(15-3-1)50-54-51(32-26-27-39-35-18-5-4-16-33(35)34-17-6-9-21-38(34)44(39)30-32)56-52(55-50)41-29-28-40(36-19-7-8-20-37(36)41)48-49-47(42-22-10-12-24-45(42)53-48)43-23-11-13-25-46(43)57-49/h1-30H. The molecule has 12 rings (SSSR count). The van der Waals surface area contributed by atoms with E-state index in [2.05, 4.69) is 133 Å². The monoisotopic (exact) mass is 726 g/mol. The van der Waals surface area contributed by atoms with Gasteiger partial charge in [0.2, 0.25) is 0 Å². The molecule has 0 saturated carbocycles. The molecular weight excluding hydrogens is 697 g/mol. The first-order chi connectivity index (χ1) is 28.3. The summed E-state index contributed by atoms with van der Waals surface area (Å²) in [4.78, 5) is 20.8. The van der Waals surface area contributed by atoms with Gasteiger partial charge in [0.1, 0.15) is 11.3 Å². The number of nitrogens with zero attached hydrogens (tertiary/aromatic N) is 4. The maximum Gasteiger partial charge on any atom is 0.164 e. The van der Waals surface area contributed by atoms with E-state index in [9.17, 15) is 0 Å². The van der Waals surface area contributed by atoms with E-state index in [1.165, 1.54) is 32.3 Å². The summed E-state index contributed by atoms with van der Waals surface area (Å²) in [5, 5.41) is 12.5. The molecule has 57 heavy (non-hydrogen) atoms. The summed E-state index contributed by atoms with van der Waals surface area (Å²) < 4.78 is 6.62. The van der Waals surface area contributed by atoms with E-state index in [1.54, 1.807) is 0 Å². The highest BCUT2D eigenvalue weighted by Gasteiger charge is 2.21. The van der Waals surface area contributed by atoms with E-state index >= 15 is 0 Å². The first kappa shape index (κ1) is 31.6. The predicted octanol–water partition coefficient (Wildman–Crippen LogP) is 13.6. The fourth-order valence-electron chi connectivity index (χ4n) is 8.71. The number of rotatable bonds is 4. The number of fused-ring (bicyclic) bond motifs is 12. The van der Waals surface area contributed by atoms with Gasteiger partial charge in [0.15, 0.2) is 23.1 Å². The summed E-state index contributed by atoms with van der Waals surface area (Å²) in [6.45, 7) is 0. The predicted molar refractivity (Wildman–Crippen MR) is 234 cm³/mol. The molecule has 0 amide bonds. The number of para-hydroxylation sites is 2. The van der Waals surface area contributed by atoms with Crippen LogP contribution in [0, 0.1) is 0 Å². The maximum atomic E-state index is 6.62. The fraction of sp³-hybridized carbons (Fsp3) is 0. The Kier molecular flexibility index (Phi) is 6.86. The molecule has 0 atom stereocenters. The van der Waals surface area contributed by atoms with Gasteiger partial charge in [-0.25, -0.2) is 19.9 Å². The molecule has 3 heterocycles. The highest BCUT2D eigenvalue weighted by molar-refractivity contribution is 6.26. The van der Waals surface area contributed by atoms with Crippen molar-refractivity contribution >= 4 is 75.9 Å². The number of hydrogen-bond acceptors (Lipinski definition) is 5. The van der Waals surface area contributed by atoms with Crippen molar-refractivity contribution in [3.05, 3.63) is 182 Å². The highest BCUT2D eigenvalue weighted by atomic mass is 16.3. The minimum absolute atomic E-state index is 0.602. The molecule has 0 bridgehead atoms. The van der Waals surface area contributed by atoms with Crippen LogP contribution >= 0.6 is 0 Å². The van der Waals surface area contributed by atoms with Crippen LogP contribution in [0.2, 0.25) is 0 Å². The zero-order valence-corrected chi connectivity index (χ0v) is 30.5. The van der Waals surface area contributed by atoms with Gasteiger partial charge in [0, 0.05) is 38.4 Å². The van der Waals surface area contributed by atoms with E-state index in [0.717, 1.165) is 71.6 Å². The SMILES string of the molecule is c1ccc(-c2nc(-c3ccc4c5ccccc5c5ccccc5c4c3)nc(-c3ccc(-c4nc5ccccc5c5c4oc4ccccc45)c4ccccc34)n2)cc1. The smallest absolute Gasteiger partial charge is 0.164 e. The van der Waals surface area contributed by atoms with Gasteiger partial charge in [-0.1, -0.05) is 158 Å². The molecule has 0 aliphatic rings. The van der Waals surface area contributed by atoms with Crippen molar-refractivity contribution in [3.8, 4) is 45.4 Å². The van der Waals surface area contributed by atoms with Crippen LogP contribution in [0.1, 0.15) is 0 Å². The molecule has 264 valence electrons. The average Bonchev–Trinajstić information content (AvgIpc) is 3.69. The van der Waals surface area contributed by atoms with Gasteiger partial charge >= 0.3 is 0 Å². The molecule has 0 saturated heterocycles. The number of pyridine rings is 1. The molecule has 3 aromatic heterocycles. The molecule has 0 radical (unpaired) electrons. The molecule has 5 nitrogen and oxygen atoms in total. The maximum absolute atomic E-state index is 6.62. The zero-order chi connectivity index (χ0) is 37.5. The van der Waals surface area contributed by atoms with E-state index in [4.69, 9.17) is 24.4 Å². The van der Waals surface area contributed by atoms with Crippen molar-refractivity contribution in [2.45, 2.75) is 0 Å². The van der Waals surface area contributed by atoms with Crippen molar-refractivity contribution in [3.63, 3.8) is 0 Å². The molecule has 0 aliphatic carbocycles. The quantitative estimate of drug-likeness (QED) is 0.169. The Hall–Kier alpha value is -7.76. The zero-order valence-electron chi connectivity index (χ0n) is 30.5. The summed E-state index contributed by atoms with van der Waals surface area (Å²) in [5.41, 5.74) is 7.09. The first-order valence-corrected chi connectivity index (χ1v) is 19.1. The Morgan fingerprint density at radius 2 is 0.825 bits per heavy atom. The van der Waals surface area contributed by atoms with Gasteiger partial charge in [0.25, 0.3) is 0 Å². The van der Waals surface area contributed by atoms with Crippen LogP contribution in [-0.4, -0.2) is 19.9 Å². The largest absolute Gasteiger partial charge is 0.454 e. The lowest BCUT2D eigenvalue weighted by molar-refractivity contribution is 0.669. The van der Waals surface area contributed by atoms with Gasteiger partial charge in [-0.2, -0.15) is 0 Å². The Morgan fingerprint density at radius 1 is 0.316 bits per heavy atom. The lowest BCUT2D eigenvalue weighted by atomic mass is 9.93. The third-order valence-electron chi connectivity index (χ3n) is 11.3. The van der Waals surface area contributed by atoms with Gasteiger partial charge in [-0.3, -0.25) is 0 Å². The molecule has 0 unspecified atom stereocenters. The van der Waals surface area contributed by atoms with Gasteiger partial charge < -0.3 is 4.42 Å². The van der Waals surface area contributed by atoms with Crippen molar-refractivity contribution in [1.29, 1.82) is 0 Å². The van der Waals surface area contributed by atoms with Crippen LogP contribution < -0.4 is 0 Å². The number of aromatic nitrogens is 4. The van der Waals surface area contributed by atoms with E-state index in [0.29, 0.717) is 17.5 Å². The first-order valence-electron chi connectivity index (χ1n) is 19.1. The molecule has 0 N–H and O–H groups in total. The number of benzene rings is 9. The second kappa shape index (κ2) is 12.4. The Labute approximate surface area is 326 Å². The van der Waals surface area contributed by atoms with Crippen LogP contribution in [0.3, 0.4) is 0 Å². The second-order valence-corrected chi connectivity index (χ2v) is 14.5. The van der Waals surface area contributed by atoms with E-state index in [-0.39, 0.29) is 0 Å². The van der Waals surface area contributed by atoms with Crippen LogP contribution in [0.25, 0.3) is 121 Å². The lowest BCUT2D eigenvalue weighted by Gasteiger charge is -2.14. The van der Waals surface area contributed by atoms with Crippen LogP contribution in [0.4, 0.5) is 0 Å². The van der Waals surface area contributed by atoms with E-state index in [1.807, 2.05) is 48.5 Å². The minimum atomic E-state index is 0.602. The lowest BCUT2D eigenvalue weighted by Crippen LogP contribution is -2.01. The molecule has 9 aromatic carbocycles. The number of hydrogen-bond donors (Lipinski definition) is 0. The Balaban J connectivity index is 1.09. The minimum Gasteiger partial charge on any atom is -0.454 e. The van der Waals surface area contributed by atoms with Gasteiger partial charge in [-0.15, -0.1) is 0 Å². The molecular formula is C52H30N4O.